The summed E-state index contributed by atoms with van der Waals surface area (Å²) in [4.78, 5) is 45.7. The average Bonchev–Trinajstić information content (AvgIpc) is 3.00. The lowest BCUT2D eigenvalue weighted by Crippen LogP contribution is -2.52. The predicted molar refractivity (Wildman–Crippen MR) is 126 cm³/mol. The van der Waals surface area contributed by atoms with Crippen molar-refractivity contribution in [3.8, 4) is 0 Å². The average molecular weight is 462 g/mol. The van der Waals surface area contributed by atoms with Crippen molar-refractivity contribution in [3.05, 3.63) is 65.0 Å². The van der Waals surface area contributed by atoms with Crippen molar-refractivity contribution in [1.29, 1.82) is 0 Å². The van der Waals surface area contributed by atoms with Gasteiger partial charge < -0.3 is 10.2 Å². The van der Waals surface area contributed by atoms with Crippen LogP contribution in [0.3, 0.4) is 0 Å². The third-order valence-electron chi connectivity index (χ3n) is 7.13. The van der Waals surface area contributed by atoms with E-state index in [0.717, 1.165) is 62.3 Å². The van der Waals surface area contributed by atoms with E-state index in [0.29, 0.717) is 24.6 Å². The topological polar surface area (TPSA) is 94.6 Å². The second kappa shape index (κ2) is 10.0. The maximum absolute atomic E-state index is 13.2. The number of carbonyl (C=O) groups excluding carboxylic acids is 3. The second-order valence-electron chi connectivity index (χ2n) is 9.45. The summed E-state index contributed by atoms with van der Waals surface area (Å²) < 4.78 is 0. The molecule has 1 aromatic heterocycles. The lowest BCUT2D eigenvalue weighted by atomic mass is 10.0. The summed E-state index contributed by atoms with van der Waals surface area (Å²) in [5.74, 6) is -0.767. The number of piperidine rings is 1. The number of rotatable bonds is 6. The maximum Gasteiger partial charge on any atom is 0.255 e. The number of carbonyl (C=O) groups is 3. The van der Waals surface area contributed by atoms with Crippen molar-refractivity contribution in [2.75, 3.05) is 13.1 Å². The van der Waals surface area contributed by atoms with Crippen LogP contribution in [0.4, 0.5) is 0 Å². The Kier molecular flexibility index (Phi) is 6.69. The van der Waals surface area contributed by atoms with Gasteiger partial charge in [-0.1, -0.05) is 18.2 Å². The molecular formula is C26H31N5O3. The minimum atomic E-state index is -0.583. The fourth-order valence-electron chi connectivity index (χ4n) is 5.31. The number of benzene rings is 1. The zero-order chi connectivity index (χ0) is 23.5. The molecule has 0 spiro atoms. The molecule has 5 rings (SSSR count). The first-order valence-electron chi connectivity index (χ1n) is 12.2. The minimum absolute atomic E-state index is 0.124. The highest BCUT2D eigenvalue weighted by Crippen LogP contribution is 2.29. The molecule has 2 unspecified atom stereocenters. The summed E-state index contributed by atoms with van der Waals surface area (Å²) in [7, 11) is 0. The van der Waals surface area contributed by atoms with Crippen molar-refractivity contribution in [1.82, 2.24) is 25.4 Å². The molecule has 0 bridgehead atoms. The minimum Gasteiger partial charge on any atom is -0.322 e. The molecule has 3 amide bonds. The van der Waals surface area contributed by atoms with Gasteiger partial charge in [0, 0.05) is 43.9 Å². The molecule has 34 heavy (non-hydrogen) atoms. The number of nitrogens with zero attached hydrogens (tertiary/aromatic N) is 3. The van der Waals surface area contributed by atoms with Crippen LogP contribution in [0.2, 0.25) is 0 Å². The highest BCUT2D eigenvalue weighted by atomic mass is 16.2. The van der Waals surface area contributed by atoms with E-state index in [-0.39, 0.29) is 24.1 Å². The largest absolute Gasteiger partial charge is 0.322 e. The maximum atomic E-state index is 13.2. The first-order chi connectivity index (χ1) is 16.6. The van der Waals surface area contributed by atoms with Gasteiger partial charge in [0.05, 0.1) is 5.69 Å². The molecule has 0 aliphatic carbocycles. The summed E-state index contributed by atoms with van der Waals surface area (Å²) in [6.45, 7) is 3.97. The van der Waals surface area contributed by atoms with Crippen molar-refractivity contribution in [3.63, 3.8) is 0 Å². The third kappa shape index (κ3) is 4.88. The quantitative estimate of drug-likeness (QED) is 0.639. The molecular weight excluding hydrogens is 430 g/mol. The van der Waals surface area contributed by atoms with E-state index in [9.17, 15) is 14.4 Å². The Hall–Kier alpha value is -3.10. The van der Waals surface area contributed by atoms with Gasteiger partial charge in [0.25, 0.3) is 5.91 Å². The van der Waals surface area contributed by atoms with Crippen LogP contribution >= 0.6 is 0 Å². The zero-order valence-corrected chi connectivity index (χ0v) is 19.3. The summed E-state index contributed by atoms with van der Waals surface area (Å²) in [5.41, 5.74) is 3.74. The van der Waals surface area contributed by atoms with Crippen molar-refractivity contribution < 1.29 is 14.4 Å². The monoisotopic (exact) mass is 461 g/mol. The molecule has 2 atom stereocenters. The first-order valence-corrected chi connectivity index (χ1v) is 12.2. The number of imide groups is 1. The molecule has 3 aliphatic rings. The normalized spacial score (nSPS) is 23.1. The van der Waals surface area contributed by atoms with Gasteiger partial charge in [0.1, 0.15) is 6.04 Å². The van der Waals surface area contributed by atoms with E-state index in [2.05, 4.69) is 32.7 Å². The summed E-state index contributed by atoms with van der Waals surface area (Å²) in [5, 5.41) is 5.86. The summed E-state index contributed by atoms with van der Waals surface area (Å²) >= 11 is 0. The van der Waals surface area contributed by atoms with Crippen LogP contribution in [0, 0.1) is 0 Å². The first kappa shape index (κ1) is 22.7. The van der Waals surface area contributed by atoms with Crippen LogP contribution in [0.25, 0.3) is 0 Å². The van der Waals surface area contributed by atoms with Gasteiger partial charge in [-0.3, -0.25) is 29.6 Å². The molecule has 178 valence electrons. The molecule has 4 heterocycles. The number of aromatic nitrogens is 1. The third-order valence-corrected chi connectivity index (χ3v) is 7.13. The lowest BCUT2D eigenvalue weighted by molar-refractivity contribution is -0.136. The predicted octanol–water partition coefficient (Wildman–Crippen LogP) is 1.99. The Balaban J connectivity index is 1.34. The van der Waals surface area contributed by atoms with Crippen LogP contribution in [0.15, 0.2) is 42.6 Å². The summed E-state index contributed by atoms with van der Waals surface area (Å²) in [6, 6.07) is 12.0. The highest BCUT2D eigenvalue weighted by molar-refractivity contribution is 6.05. The molecule has 3 aliphatic heterocycles. The van der Waals surface area contributed by atoms with Gasteiger partial charge in [-0.15, -0.1) is 0 Å². The number of pyridine rings is 1. The molecule has 2 N–H and O–H groups in total. The SMILES string of the molecule is O=C1CCC(N2Cc3ccc(CN(Cc4ccccn4)C4CCCNCC4)cc3C2=O)C(=O)N1. The second-order valence-corrected chi connectivity index (χ2v) is 9.45. The standard InChI is InChI=1S/C26H31N5O3/c32-24-9-8-23(25(33)29-24)31-16-19-7-6-18(14-22(19)26(31)34)15-30(17-20-4-1-2-12-28-20)21-5-3-11-27-13-10-21/h1-2,4,6-7,12,14,21,23,27H,3,5,8-11,13,15-17H2,(H,29,32,33). The van der Waals surface area contributed by atoms with E-state index in [1.54, 1.807) is 4.90 Å². The molecule has 2 aromatic rings. The Morgan fingerprint density at radius 1 is 1.03 bits per heavy atom. The molecule has 0 saturated carbocycles. The van der Waals surface area contributed by atoms with Gasteiger partial charge in [-0.2, -0.15) is 0 Å². The van der Waals surface area contributed by atoms with Gasteiger partial charge in [0.15, 0.2) is 0 Å². The number of fused-ring (bicyclic) bond motifs is 1. The number of hydrogen-bond acceptors (Lipinski definition) is 6. The van der Waals surface area contributed by atoms with Gasteiger partial charge in [-0.05, 0) is 68.1 Å². The number of amides is 3. The van der Waals surface area contributed by atoms with E-state index >= 15 is 0 Å². The number of hydrogen-bond donors (Lipinski definition) is 2. The van der Waals surface area contributed by atoms with Crippen molar-refractivity contribution in [2.24, 2.45) is 0 Å². The van der Waals surface area contributed by atoms with Crippen molar-refractivity contribution >= 4 is 17.7 Å². The van der Waals surface area contributed by atoms with E-state index < -0.39 is 6.04 Å². The smallest absolute Gasteiger partial charge is 0.255 e. The van der Waals surface area contributed by atoms with Crippen LogP contribution in [-0.2, 0) is 29.2 Å². The van der Waals surface area contributed by atoms with E-state index in [4.69, 9.17) is 0 Å². The Morgan fingerprint density at radius 2 is 1.94 bits per heavy atom. The Bertz CT molecular complexity index is 1070. The Morgan fingerprint density at radius 3 is 2.76 bits per heavy atom. The Labute approximate surface area is 199 Å². The molecule has 2 fully saturated rings. The van der Waals surface area contributed by atoms with Gasteiger partial charge in [-0.25, -0.2) is 0 Å². The molecule has 0 radical (unpaired) electrons. The molecule has 1 aromatic carbocycles. The fourth-order valence-corrected chi connectivity index (χ4v) is 5.31. The lowest BCUT2D eigenvalue weighted by Gasteiger charge is -2.31. The molecule has 8 nitrogen and oxygen atoms in total. The van der Waals surface area contributed by atoms with Gasteiger partial charge >= 0.3 is 0 Å². The van der Waals surface area contributed by atoms with Crippen LogP contribution in [0.5, 0.6) is 0 Å². The molecule has 8 heteroatoms. The van der Waals surface area contributed by atoms with E-state index in [1.165, 1.54) is 0 Å². The highest BCUT2D eigenvalue weighted by Gasteiger charge is 2.39. The zero-order valence-electron chi connectivity index (χ0n) is 19.3. The van der Waals surface area contributed by atoms with E-state index in [1.807, 2.05) is 30.5 Å². The molecule has 2 saturated heterocycles. The van der Waals surface area contributed by atoms with Crippen LogP contribution in [0.1, 0.15) is 59.3 Å². The van der Waals surface area contributed by atoms with Gasteiger partial charge in [0.2, 0.25) is 11.8 Å². The summed E-state index contributed by atoms with van der Waals surface area (Å²) in [6.07, 6.45) is 5.84. The van der Waals surface area contributed by atoms with Crippen LogP contribution in [-0.4, -0.2) is 57.7 Å². The van der Waals surface area contributed by atoms with Crippen molar-refractivity contribution in [2.45, 2.75) is 63.8 Å². The number of nitrogens with one attached hydrogen (secondary N) is 2. The fraction of sp³-hybridized carbons (Fsp3) is 0.462. The van der Waals surface area contributed by atoms with Crippen LogP contribution < -0.4 is 10.6 Å².